The number of benzene rings is 1. The van der Waals surface area contributed by atoms with Crippen LogP contribution in [0.3, 0.4) is 0 Å². The Morgan fingerprint density at radius 2 is 1.63 bits per heavy atom. The third-order valence-corrected chi connectivity index (χ3v) is 7.59. The van der Waals surface area contributed by atoms with Crippen LogP contribution in [0.5, 0.6) is 0 Å². The van der Waals surface area contributed by atoms with Gasteiger partial charge in [0.05, 0.1) is 24.8 Å². The van der Waals surface area contributed by atoms with Gasteiger partial charge in [0.15, 0.2) is 0 Å². The number of piperidine rings is 1. The first-order valence-electron chi connectivity index (χ1n) is 10.6. The number of carbonyl (C=O) groups is 2. The predicted octanol–water partition coefficient (Wildman–Crippen LogP) is 0.936. The number of carbonyl (C=O) groups excluding carboxylic acids is 2. The summed E-state index contributed by atoms with van der Waals surface area (Å²) in [5.74, 6) is -0.215. The van der Waals surface area contributed by atoms with Gasteiger partial charge in [-0.15, -0.1) is 0 Å². The number of nitrogens with zero attached hydrogens (tertiary/aromatic N) is 3. The van der Waals surface area contributed by atoms with E-state index in [-0.39, 0.29) is 23.5 Å². The van der Waals surface area contributed by atoms with Crippen molar-refractivity contribution in [2.45, 2.75) is 25.5 Å². The minimum absolute atomic E-state index is 0.0167. The summed E-state index contributed by atoms with van der Waals surface area (Å²) in [6.45, 7) is 5.37. The van der Waals surface area contributed by atoms with E-state index in [0.29, 0.717) is 65.3 Å². The molecule has 0 radical (unpaired) electrons. The van der Waals surface area contributed by atoms with E-state index in [1.165, 1.54) is 4.31 Å². The monoisotopic (exact) mass is 437 g/mol. The Morgan fingerprint density at radius 1 is 1.00 bits per heavy atom. The maximum atomic E-state index is 12.7. The summed E-state index contributed by atoms with van der Waals surface area (Å²) in [5, 5.41) is 0. The molecule has 8 nitrogen and oxygen atoms in total. The zero-order valence-electron chi connectivity index (χ0n) is 17.5. The summed E-state index contributed by atoms with van der Waals surface area (Å²) in [6, 6.07) is 9.14. The van der Waals surface area contributed by atoms with E-state index in [1.807, 2.05) is 30.3 Å². The summed E-state index contributed by atoms with van der Waals surface area (Å²) >= 11 is 0. The number of amides is 1. The Kier molecular flexibility index (Phi) is 7.85. The molecular weight excluding hydrogens is 406 g/mol. The number of hydrogen-bond donors (Lipinski definition) is 0. The average molecular weight is 438 g/mol. The van der Waals surface area contributed by atoms with Crippen LogP contribution < -0.4 is 0 Å². The molecular formula is C21H31N3O5S. The highest BCUT2D eigenvalue weighted by molar-refractivity contribution is 7.88. The van der Waals surface area contributed by atoms with Crippen LogP contribution in [0.25, 0.3) is 0 Å². The predicted molar refractivity (Wildman–Crippen MR) is 113 cm³/mol. The zero-order valence-corrected chi connectivity index (χ0v) is 18.3. The highest BCUT2D eigenvalue weighted by atomic mass is 32.2. The molecule has 0 N–H and O–H groups in total. The first-order chi connectivity index (χ1) is 14.4. The summed E-state index contributed by atoms with van der Waals surface area (Å²) in [7, 11) is -3.39. The Hall–Kier alpha value is -1.97. The lowest BCUT2D eigenvalue weighted by Gasteiger charge is -2.36. The fourth-order valence-electron chi connectivity index (χ4n) is 3.97. The van der Waals surface area contributed by atoms with Gasteiger partial charge >= 0.3 is 5.97 Å². The van der Waals surface area contributed by atoms with E-state index >= 15 is 0 Å². The van der Waals surface area contributed by atoms with E-state index in [4.69, 9.17) is 4.74 Å². The fraction of sp³-hybridized carbons (Fsp3) is 0.619. The van der Waals surface area contributed by atoms with Gasteiger partial charge < -0.3 is 9.64 Å². The third-order valence-electron chi connectivity index (χ3n) is 5.74. The molecule has 1 aromatic carbocycles. The lowest BCUT2D eigenvalue weighted by molar-refractivity contribution is -0.149. The molecule has 0 atom stereocenters. The highest BCUT2D eigenvalue weighted by Gasteiger charge is 2.31. The van der Waals surface area contributed by atoms with Gasteiger partial charge in [0.25, 0.3) is 0 Å². The second-order valence-electron chi connectivity index (χ2n) is 7.82. The fourth-order valence-corrected chi connectivity index (χ4v) is 5.49. The van der Waals surface area contributed by atoms with Crippen molar-refractivity contribution in [1.82, 2.24) is 14.1 Å². The van der Waals surface area contributed by atoms with Crippen LogP contribution in [0.2, 0.25) is 0 Å². The van der Waals surface area contributed by atoms with E-state index in [2.05, 4.69) is 4.90 Å². The van der Waals surface area contributed by atoms with Gasteiger partial charge in [-0.1, -0.05) is 30.3 Å². The Labute approximate surface area is 178 Å². The molecule has 0 spiro atoms. The van der Waals surface area contributed by atoms with Gasteiger partial charge in [0, 0.05) is 26.2 Å². The van der Waals surface area contributed by atoms with E-state index in [0.717, 1.165) is 5.56 Å². The maximum absolute atomic E-state index is 12.7. The molecule has 0 aromatic heterocycles. The first-order valence-corrected chi connectivity index (χ1v) is 12.2. The number of likely N-dealkylation sites (tertiary alicyclic amines) is 1. The first kappa shape index (κ1) is 22.7. The molecule has 1 aromatic rings. The maximum Gasteiger partial charge on any atom is 0.309 e. The summed E-state index contributed by atoms with van der Waals surface area (Å²) in [4.78, 5) is 28.3. The van der Waals surface area contributed by atoms with Gasteiger partial charge in [0.1, 0.15) is 0 Å². The number of ether oxygens (including phenoxy) is 1. The van der Waals surface area contributed by atoms with Crippen molar-refractivity contribution in [2.75, 3.05) is 52.4 Å². The molecule has 0 bridgehead atoms. The standard InChI is InChI=1S/C21H31N3O5S/c1-2-29-21(26)19-8-10-22(11-9-19)16-20(25)23-12-14-24(15-13-23)30(27,28)17-18-6-4-3-5-7-18/h3-7,19H,2,8-17H2,1H3. The molecule has 9 heteroatoms. The van der Waals surface area contributed by atoms with Crippen molar-refractivity contribution in [2.24, 2.45) is 5.92 Å². The zero-order chi connectivity index (χ0) is 21.6. The van der Waals surface area contributed by atoms with E-state index in [9.17, 15) is 18.0 Å². The molecule has 0 unspecified atom stereocenters. The number of rotatable bonds is 7. The number of esters is 1. The van der Waals surface area contributed by atoms with Crippen molar-refractivity contribution < 1.29 is 22.7 Å². The minimum Gasteiger partial charge on any atom is -0.466 e. The number of sulfonamides is 1. The Morgan fingerprint density at radius 3 is 2.23 bits per heavy atom. The molecule has 2 fully saturated rings. The van der Waals surface area contributed by atoms with Crippen LogP contribution in [-0.2, 0) is 30.1 Å². The molecule has 2 saturated heterocycles. The SMILES string of the molecule is CCOC(=O)C1CCN(CC(=O)N2CCN(S(=O)(=O)Cc3ccccc3)CC2)CC1. The molecule has 166 valence electrons. The van der Waals surface area contributed by atoms with Gasteiger partial charge in [-0.05, 0) is 38.4 Å². The lowest BCUT2D eigenvalue weighted by atomic mass is 9.97. The number of piperazine rings is 1. The molecule has 2 aliphatic heterocycles. The van der Waals surface area contributed by atoms with Crippen molar-refractivity contribution in [3.05, 3.63) is 35.9 Å². The van der Waals surface area contributed by atoms with Gasteiger partial charge in [-0.25, -0.2) is 8.42 Å². The van der Waals surface area contributed by atoms with Crippen molar-refractivity contribution >= 4 is 21.9 Å². The number of hydrogen-bond acceptors (Lipinski definition) is 6. The van der Waals surface area contributed by atoms with Crippen LogP contribution in [0, 0.1) is 5.92 Å². The van der Waals surface area contributed by atoms with Crippen molar-refractivity contribution in [3.8, 4) is 0 Å². The molecule has 30 heavy (non-hydrogen) atoms. The van der Waals surface area contributed by atoms with Crippen molar-refractivity contribution in [3.63, 3.8) is 0 Å². The topological polar surface area (TPSA) is 87.2 Å². The summed E-state index contributed by atoms with van der Waals surface area (Å²) in [6.07, 6.45) is 1.41. The highest BCUT2D eigenvalue weighted by Crippen LogP contribution is 2.19. The molecule has 1 amide bonds. The van der Waals surface area contributed by atoms with Crippen LogP contribution in [-0.4, -0.2) is 86.8 Å². The smallest absolute Gasteiger partial charge is 0.309 e. The molecule has 0 saturated carbocycles. The van der Waals surface area contributed by atoms with E-state index in [1.54, 1.807) is 11.8 Å². The van der Waals surface area contributed by atoms with Gasteiger partial charge in [-0.2, -0.15) is 4.31 Å². The Balaban J connectivity index is 1.43. The van der Waals surface area contributed by atoms with Crippen LogP contribution in [0.15, 0.2) is 30.3 Å². The quantitative estimate of drug-likeness (QED) is 0.590. The summed E-state index contributed by atoms with van der Waals surface area (Å²) < 4.78 is 31.9. The van der Waals surface area contributed by atoms with Crippen LogP contribution >= 0.6 is 0 Å². The molecule has 2 heterocycles. The molecule has 2 aliphatic rings. The molecule has 3 rings (SSSR count). The second-order valence-corrected chi connectivity index (χ2v) is 9.79. The Bertz CT molecular complexity index is 814. The average Bonchev–Trinajstić information content (AvgIpc) is 2.75. The van der Waals surface area contributed by atoms with Crippen molar-refractivity contribution in [1.29, 1.82) is 0 Å². The minimum atomic E-state index is -3.39. The largest absolute Gasteiger partial charge is 0.466 e. The van der Waals surface area contributed by atoms with Gasteiger partial charge in [-0.3, -0.25) is 14.5 Å². The lowest BCUT2D eigenvalue weighted by Crippen LogP contribution is -2.53. The molecule has 0 aliphatic carbocycles. The van der Waals surface area contributed by atoms with E-state index < -0.39 is 10.0 Å². The normalized spacial score (nSPS) is 19.6. The third kappa shape index (κ3) is 6.02. The van der Waals surface area contributed by atoms with Crippen LogP contribution in [0.1, 0.15) is 25.3 Å². The summed E-state index contributed by atoms with van der Waals surface area (Å²) in [5.41, 5.74) is 0.766. The van der Waals surface area contributed by atoms with Crippen LogP contribution in [0.4, 0.5) is 0 Å². The van der Waals surface area contributed by atoms with Gasteiger partial charge in [0.2, 0.25) is 15.9 Å². The second kappa shape index (κ2) is 10.4.